The van der Waals surface area contributed by atoms with Crippen LogP contribution in [0.3, 0.4) is 0 Å². The van der Waals surface area contributed by atoms with Gasteiger partial charge in [0.15, 0.2) is 0 Å². The van der Waals surface area contributed by atoms with Gasteiger partial charge in [0.1, 0.15) is 11.4 Å². The van der Waals surface area contributed by atoms with Crippen molar-refractivity contribution in [2.75, 3.05) is 5.32 Å². The van der Waals surface area contributed by atoms with Crippen molar-refractivity contribution in [2.24, 2.45) is 0 Å². The van der Waals surface area contributed by atoms with Crippen molar-refractivity contribution in [3.05, 3.63) is 22.8 Å². The third-order valence-electron chi connectivity index (χ3n) is 1.55. The Labute approximate surface area is 100.0 Å². The SMILES string of the molecule is Cc1cc(Cl)cc(NC(=O)OC(C)(C)C)n1. The van der Waals surface area contributed by atoms with Crippen LogP contribution in [-0.4, -0.2) is 16.7 Å². The van der Waals surface area contributed by atoms with E-state index in [2.05, 4.69) is 10.3 Å². The van der Waals surface area contributed by atoms with E-state index in [1.54, 1.807) is 39.8 Å². The highest BCUT2D eigenvalue weighted by molar-refractivity contribution is 6.30. The number of aromatic nitrogens is 1. The third kappa shape index (κ3) is 4.49. The molecular formula is C11H15ClN2O2. The van der Waals surface area contributed by atoms with Gasteiger partial charge >= 0.3 is 6.09 Å². The predicted molar refractivity (Wildman–Crippen MR) is 63.8 cm³/mol. The maximum absolute atomic E-state index is 11.4. The molecule has 88 valence electrons. The normalized spacial score (nSPS) is 11.1. The molecular weight excluding hydrogens is 228 g/mol. The molecule has 1 heterocycles. The van der Waals surface area contributed by atoms with E-state index in [9.17, 15) is 4.79 Å². The van der Waals surface area contributed by atoms with E-state index in [0.29, 0.717) is 10.8 Å². The Balaban J connectivity index is 2.70. The largest absolute Gasteiger partial charge is 0.444 e. The lowest BCUT2D eigenvalue weighted by molar-refractivity contribution is 0.0635. The van der Waals surface area contributed by atoms with Gasteiger partial charge in [0.05, 0.1) is 0 Å². The highest BCUT2D eigenvalue weighted by Gasteiger charge is 2.16. The van der Waals surface area contributed by atoms with Gasteiger partial charge in [0.25, 0.3) is 0 Å². The van der Waals surface area contributed by atoms with Gasteiger partial charge in [0.2, 0.25) is 0 Å². The zero-order valence-electron chi connectivity index (χ0n) is 9.80. The molecule has 0 radical (unpaired) electrons. The summed E-state index contributed by atoms with van der Waals surface area (Å²) < 4.78 is 5.09. The molecule has 0 atom stereocenters. The Bertz CT molecular complexity index is 379. The topological polar surface area (TPSA) is 51.2 Å². The van der Waals surface area contributed by atoms with Crippen molar-refractivity contribution in [3.8, 4) is 0 Å². The molecule has 4 nitrogen and oxygen atoms in total. The molecule has 0 saturated carbocycles. The minimum atomic E-state index is -0.540. The average molecular weight is 243 g/mol. The Morgan fingerprint density at radius 1 is 1.44 bits per heavy atom. The zero-order chi connectivity index (χ0) is 12.3. The number of hydrogen-bond donors (Lipinski definition) is 1. The molecule has 1 amide bonds. The monoisotopic (exact) mass is 242 g/mol. The molecule has 16 heavy (non-hydrogen) atoms. The molecule has 0 fully saturated rings. The van der Waals surface area contributed by atoms with Crippen LogP contribution in [0.25, 0.3) is 0 Å². The van der Waals surface area contributed by atoms with Crippen molar-refractivity contribution >= 4 is 23.5 Å². The zero-order valence-corrected chi connectivity index (χ0v) is 10.6. The van der Waals surface area contributed by atoms with Crippen molar-refractivity contribution in [1.82, 2.24) is 4.98 Å². The van der Waals surface area contributed by atoms with Crippen LogP contribution in [0.15, 0.2) is 12.1 Å². The van der Waals surface area contributed by atoms with Crippen molar-refractivity contribution < 1.29 is 9.53 Å². The summed E-state index contributed by atoms with van der Waals surface area (Å²) in [6.07, 6.45) is -0.540. The molecule has 0 spiro atoms. The van der Waals surface area contributed by atoms with Gasteiger partial charge < -0.3 is 4.74 Å². The summed E-state index contributed by atoms with van der Waals surface area (Å²) in [6.45, 7) is 7.18. The van der Waals surface area contributed by atoms with Gasteiger partial charge in [-0.05, 0) is 39.8 Å². The first-order valence-electron chi connectivity index (χ1n) is 4.90. The van der Waals surface area contributed by atoms with E-state index in [4.69, 9.17) is 16.3 Å². The molecule has 0 aliphatic heterocycles. The lowest BCUT2D eigenvalue weighted by Gasteiger charge is -2.19. The highest BCUT2D eigenvalue weighted by Crippen LogP contribution is 2.16. The van der Waals surface area contributed by atoms with Crippen LogP contribution in [0.4, 0.5) is 10.6 Å². The molecule has 0 bridgehead atoms. The van der Waals surface area contributed by atoms with Gasteiger partial charge in [-0.1, -0.05) is 11.6 Å². The molecule has 1 N–H and O–H groups in total. The Morgan fingerprint density at radius 3 is 2.56 bits per heavy atom. The van der Waals surface area contributed by atoms with Gasteiger partial charge in [-0.25, -0.2) is 9.78 Å². The van der Waals surface area contributed by atoms with Gasteiger partial charge in [-0.3, -0.25) is 5.32 Å². The lowest BCUT2D eigenvalue weighted by atomic mass is 10.2. The number of nitrogens with zero attached hydrogens (tertiary/aromatic N) is 1. The molecule has 1 aromatic rings. The number of halogens is 1. The molecule has 1 aromatic heterocycles. The third-order valence-corrected chi connectivity index (χ3v) is 1.77. The molecule has 0 aliphatic rings. The Kier molecular flexibility index (Phi) is 3.75. The molecule has 0 aliphatic carbocycles. The fourth-order valence-corrected chi connectivity index (χ4v) is 1.36. The standard InChI is InChI=1S/C11H15ClN2O2/c1-7-5-8(12)6-9(13-7)14-10(15)16-11(2,3)4/h5-6H,1-4H3,(H,13,14,15). The number of hydrogen-bond acceptors (Lipinski definition) is 3. The van der Waals surface area contributed by atoms with Gasteiger partial charge in [-0.15, -0.1) is 0 Å². The number of amides is 1. The summed E-state index contributed by atoms with van der Waals surface area (Å²) in [5, 5.41) is 3.05. The van der Waals surface area contributed by atoms with Crippen LogP contribution >= 0.6 is 11.6 Å². The van der Waals surface area contributed by atoms with Crippen LogP contribution in [0.5, 0.6) is 0 Å². The van der Waals surface area contributed by atoms with Crippen molar-refractivity contribution in [1.29, 1.82) is 0 Å². The minimum Gasteiger partial charge on any atom is -0.444 e. The molecule has 5 heteroatoms. The Hall–Kier alpha value is -1.29. The number of anilines is 1. The summed E-state index contributed by atoms with van der Waals surface area (Å²) in [4.78, 5) is 15.5. The summed E-state index contributed by atoms with van der Waals surface area (Å²) in [5.41, 5.74) is 0.205. The first kappa shape index (κ1) is 12.8. The smallest absolute Gasteiger partial charge is 0.413 e. The number of rotatable bonds is 1. The van der Waals surface area contributed by atoms with Gasteiger partial charge in [0, 0.05) is 10.7 Å². The first-order valence-corrected chi connectivity index (χ1v) is 5.28. The Morgan fingerprint density at radius 2 is 2.06 bits per heavy atom. The number of aryl methyl sites for hydroxylation is 1. The fraction of sp³-hybridized carbons (Fsp3) is 0.455. The van der Waals surface area contributed by atoms with Crippen LogP contribution in [0.2, 0.25) is 5.02 Å². The van der Waals surface area contributed by atoms with Gasteiger partial charge in [-0.2, -0.15) is 0 Å². The van der Waals surface area contributed by atoms with Crippen LogP contribution in [0.1, 0.15) is 26.5 Å². The van der Waals surface area contributed by atoms with E-state index < -0.39 is 11.7 Å². The number of ether oxygens (including phenoxy) is 1. The second-order valence-corrected chi connectivity index (χ2v) is 4.88. The fourth-order valence-electron chi connectivity index (χ4n) is 1.10. The van der Waals surface area contributed by atoms with Crippen LogP contribution in [-0.2, 0) is 4.74 Å². The second-order valence-electron chi connectivity index (χ2n) is 4.44. The quantitative estimate of drug-likeness (QED) is 0.821. The van der Waals surface area contributed by atoms with Crippen molar-refractivity contribution in [3.63, 3.8) is 0 Å². The summed E-state index contributed by atoms with van der Waals surface area (Å²) in [5.74, 6) is 0.388. The number of carbonyl (C=O) groups is 1. The lowest BCUT2D eigenvalue weighted by Crippen LogP contribution is -2.27. The second kappa shape index (κ2) is 4.70. The minimum absolute atomic E-state index is 0.388. The molecule has 0 aromatic carbocycles. The molecule has 1 rings (SSSR count). The summed E-state index contributed by atoms with van der Waals surface area (Å²) in [7, 11) is 0. The number of pyridine rings is 1. The van der Waals surface area contributed by atoms with Crippen LogP contribution in [0, 0.1) is 6.92 Å². The molecule has 0 saturated heterocycles. The summed E-state index contributed by atoms with van der Waals surface area (Å²) in [6, 6.07) is 3.28. The van der Waals surface area contributed by atoms with E-state index in [1.807, 2.05) is 0 Å². The van der Waals surface area contributed by atoms with E-state index >= 15 is 0 Å². The van der Waals surface area contributed by atoms with E-state index in [-0.39, 0.29) is 0 Å². The first-order chi connectivity index (χ1) is 7.26. The average Bonchev–Trinajstić information content (AvgIpc) is 1.96. The maximum atomic E-state index is 11.4. The number of nitrogens with one attached hydrogen (secondary N) is 1. The van der Waals surface area contributed by atoms with Crippen molar-refractivity contribution in [2.45, 2.75) is 33.3 Å². The van der Waals surface area contributed by atoms with E-state index in [1.165, 1.54) is 0 Å². The summed E-state index contributed by atoms with van der Waals surface area (Å²) >= 11 is 5.83. The van der Waals surface area contributed by atoms with Crippen LogP contribution < -0.4 is 5.32 Å². The molecule has 0 unspecified atom stereocenters. The van der Waals surface area contributed by atoms with E-state index in [0.717, 1.165) is 5.69 Å². The maximum Gasteiger partial charge on any atom is 0.413 e. The highest BCUT2D eigenvalue weighted by atomic mass is 35.5. The number of carbonyl (C=O) groups excluding carboxylic acids is 1. The predicted octanol–water partition coefficient (Wildman–Crippen LogP) is 3.39.